The van der Waals surface area contributed by atoms with Crippen LogP contribution in [0.1, 0.15) is 0 Å². The van der Waals surface area contributed by atoms with Crippen LogP contribution in [0.25, 0.3) is 63.1 Å². The van der Waals surface area contributed by atoms with E-state index in [1.807, 2.05) is 42.5 Å². The van der Waals surface area contributed by atoms with E-state index in [1.165, 1.54) is 22.7 Å². The summed E-state index contributed by atoms with van der Waals surface area (Å²) in [4.78, 5) is 15.6. The van der Waals surface area contributed by atoms with Crippen LogP contribution in [0, 0.1) is 35.8 Å². The molecule has 0 aliphatic heterocycles. The fourth-order valence-corrected chi connectivity index (χ4v) is 5.32. The molecule has 0 aliphatic rings. The molecule has 30 heavy (non-hydrogen) atoms. The molecule has 0 aliphatic carbocycles. The molecule has 0 radical (unpaired) electrons. The van der Waals surface area contributed by atoms with Crippen molar-refractivity contribution in [3.05, 3.63) is 68.6 Å². The third kappa shape index (κ3) is 2.50. The van der Waals surface area contributed by atoms with E-state index in [0.717, 1.165) is 42.0 Å². The van der Waals surface area contributed by atoms with Gasteiger partial charge in [-0.3, -0.25) is 0 Å². The third-order valence-electron chi connectivity index (χ3n) is 4.70. The molecule has 136 valence electrons. The summed E-state index contributed by atoms with van der Waals surface area (Å²) >= 11 is 2.65. The summed E-state index contributed by atoms with van der Waals surface area (Å²) in [5, 5.41) is 22.3. The monoisotopic (exact) mass is 418 g/mol. The average Bonchev–Trinajstić information content (AvgIpc) is 3.39. The quantitative estimate of drug-likeness (QED) is 0.277. The Labute approximate surface area is 177 Å². The lowest BCUT2D eigenvalue weighted by atomic mass is 10.0. The predicted octanol–water partition coefficient (Wildman–Crippen LogP) is 4.31. The first kappa shape index (κ1) is 17.7. The van der Waals surface area contributed by atoms with Gasteiger partial charge in [0.15, 0.2) is 0 Å². The van der Waals surface area contributed by atoms with Crippen molar-refractivity contribution in [2.75, 3.05) is 0 Å². The van der Waals surface area contributed by atoms with Crippen LogP contribution in [0.2, 0.25) is 0 Å². The lowest BCUT2D eigenvalue weighted by molar-refractivity contribution is 1.41. The summed E-state index contributed by atoms with van der Waals surface area (Å²) in [5.41, 5.74) is 1.45. The molecule has 2 aromatic heterocycles. The summed E-state index contributed by atoms with van der Waals surface area (Å²) in [7, 11) is 0. The lowest BCUT2D eigenvalue weighted by Crippen LogP contribution is -1.99. The van der Waals surface area contributed by atoms with Crippen molar-refractivity contribution in [1.29, 1.82) is 10.5 Å². The van der Waals surface area contributed by atoms with Gasteiger partial charge in [-0.25, -0.2) is 30.2 Å². The standard InChI is InChI=1S/C22H6N6S2/c1-25-16(9-23)21-27-15-5-3-12-7-11-4-6-18-19(13(11)8-14(12)20(15)30-21)28-22(29-18)17(10-24)26-2/h3-8H/b21-16-,22-17-. The third-order valence-corrected chi connectivity index (χ3v) is 6.84. The molecule has 0 N–H and O–H groups in total. The molecule has 8 heteroatoms. The topological polar surface area (TPSA) is 82.1 Å². The van der Waals surface area contributed by atoms with Gasteiger partial charge in [-0.2, -0.15) is 0 Å². The Morgan fingerprint density at radius 1 is 0.833 bits per heavy atom. The highest BCUT2D eigenvalue weighted by Gasteiger charge is 2.12. The van der Waals surface area contributed by atoms with Gasteiger partial charge in [0.2, 0.25) is 0 Å². The molecule has 0 fully saturated rings. The highest BCUT2D eigenvalue weighted by atomic mass is 32.1. The summed E-state index contributed by atoms with van der Waals surface area (Å²) < 4.78 is 2.63. The van der Waals surface area contributed by atoms with Gasteiger partial charge in [-0.05, 0) is 35.0 Å². The normalized spacial score (nSPS) is 12.9. The van der Waals surface area contributed by atoms with Gasteiger partial charge in [0, 0.05) is 10.8 Å². The largest absolute Gasteiger partial charge is 0.296 e. The number of nitrogens with zero attached hydrogens (tertiary/aromatic N) is 6. The number of aromatic nitrogens is 2. The summed E-state index contributed by atoms with van der Waals surface area (Å²) in [5.74, 6) is 0. The number of fused-ring (bicyclic) bond motifs is 6. The lowest BCUT2D eigenvalue weighted by Gasteiger charge is -2.04. The first-order valence-corrected chi connectivity index (χ1v) is 10.2. The van der Waals surface area contributed by atoms with Crippen LogP contribution < -0.4 is 9.33 Å². The van der Waals surface area contributed by atoms with E-state index in [9.17, 15) is 10.5 Å². The Hall–Kier alpha value is -4.34. The Morgan fingerprint density at radius 3 is 2.20 bits per heavy atom. The number of rotatable bonds is 0. The molecule has 6 nitrogen and oxygen atoms in total. The average molecular weight is 418 g/mol. The Kier molecular flexibility index (Phi) is 3.91. The van der Waals surface area contributed by atoms with Crippen molar-refractivity contribution in [2.24, 2.45) is 0 Å². The Bertz CT molecular complexity index is 1680. The second-order valence-electron chi connectivity index (χ2n) is 6.30. The van der Waals surface area contributed by atoms with Gasteiger partial charge >= 0.3 is 0 Å². The highest BCUT2D eigenvalue weighted by Crippen LogP contribution is 2.33. The smallest absolute Gasteiger partial charge is 0.248 e. The molecule has 5 rings (SSSR count). The minimum atomic E-state index is -0.0182. The maximum Gasteiger partial charge on any atom is 0.296 e. The van der Waals surface area contributed by atoms with Crippen LogP contribution in [-0.2, 0) is 0 Å². The molecule has 0 saturated heterocycles. The molecular weight excluding hydrogens is 412 g/mol. The van der Waals surface area contributed by atoms with Crippen molar-refractivity contribution >= 4 is 76.0 Å². The van der Waals surface area contributed by atoms with Crippen molar-refractivity contribution < 1.29 is 0 Å². The summed E-state index contributed by atoms with van der Waals surface area (Å²) in [6.45, 7) is 14.4. The number of nitriles is 2. The SMILES string of the molecule is [C-]#[N+]/C(C#N)=c1/nc2c(ccc3cc4ccc5n/c(=C(\C#N)[N+]#[C-])sc5c4cc32)s1. The van der Waals surface area contributed by atoms with Gasteiger partial charge in [0.1, 0.15) is 9.33 Å². The Morgan fingerprint density at radius 2 is 1.50 bits per heavy atom. The maximum atomic E-state index is 9.18. The zero-order valence-corrected chi connectivity index (χ0v) is 16.6. The van der Waals surface area contributed by atoms with Crippen LogP contribution in [-0.4, -0.2) is 9.97 Å². The molecular formula is C22H6N6S2. The van der Waals surface area contributed by atoms with Crippen LogP contribution >= 0.6 is 22.7 Å². The molecule has 0 spiro atoms. The van der Waals surface area contributed by atoms with Crippen molar-refractivity contribution in [3.63, 3.8) is 0 Å². The molecule has 2 heterocycles. The highest BCUT2D eigenvalue weighted by molar-refractivity contribution is 7.18. The van der Waals surface area contributed by atoms with Gasteiger partial charge in [-0.15, -0.1) is 22.7 Å². The van der Waals surface area contributed by atoms with E-state index in [4.69, 9.17) is 13.1 Å². The summed E-state index contributed by atoms with van der Waals surface area (Å²) in [6.07, 6.45) is 0. The van der Waals surface area contributed by atoms with Crippen molar-refractivity contribution in [3.8, 4) is 12.1 Å². The molecule has 0 atom stereocenters. The zero-order chi connectivity index (χ0) is 20.8. The number of hydrogen-bond acceptors (Lipinski definition) is 6. The van der Waals surface area contributed by atoms with Crippen LogP contribution in [0.4, 0.5) is 0 Å². The second-order valence-corrected chi connectivity index (χ2v) is 8.33. The molecule has 0 bridgehead atoms. The number of hydrogen-bond donors (Lipinski definition) is 0. The van der Waals surface area contributed by atoms with Crippen molar-refractivity contribution in [2.45, 2.75) is 0 Å². The van der Waals surface area contributed by atoms with E-state index in [1.54, 1.807) is 0 Å². The second kappa shape index (κ2) is 6.62. The Balaban J connectivity index is 1.95. The molecule has 0 amide bonds. The van der Waals surface area contributed by atoms with Gasteiger partial charge < -0.3 is 0 Å². The van der Waals surface area contributed by atoms with Crippen LogP contribution in [0.15, 0.2) is 36.4 Å². The molecule has 0 saturated carbocycles. The van der Waals surface area contributed by atoms with Gasteiger partial charge in [0.25, 0.3) is 11.4 Å². The minimum absolute atomic E-state index is 0.0154. The zero-order valence-electron chi connectivity index (χ0n) is 15.0. The van der Waals surface area contributed by atoms with Crippen LogP contribution in [0.5, 0.6) is 0 Å². The first-order chi connectivity index (χ1) is 14.7. The summed E-state index contributed by atoms with van der Waals surface area (Å²) in [6, 6.07) is 15.7. The van der Waals surface area contributed by atoms with E-state index in [0.29, 0.717) is 9.33 Å². The number of thiazole rings is 2. The first-order valence-electron chi connectivity index (χ1n) is 8.53. The molecule has 0 unspecified atom stereocenters. The van der Waals surface area contributed by atoms with Crippen molar-refractivity contribution in [1.82, 2.24) is 9.97 Å². The van der Waals surface area contributed by atoms with Gasteiger partial charge in [0.05, 0.1) is 45.7 Å². The fraction of sp³-hybridized carbons (Fsp3) is 0. The maximum absolute atomic E-state index is 9.18. The fourth-order valence-electron chi connectivity index (χ4n) is 3.37. The van der Waals surface area contributed by atoms with E-state index in [-0.39, 0.29) is 11.4 Å². The van der Waals surface area contributed by atoms with E-state index >= 15 is 0 Å². The number of benzene rings is 3. The molecule has 5 aromatic rings. The van der Waals surface area contributed by atoms with Crippen LogP contribution in [0.3, 0.4) is 0 Å². The van der Waals surface area contributed by atoms with E-state index < -0.39 is 0 Å². The van der Waals surface area contributed by atoms with E-state index in [2.05, 4.69) is 25.7 Å². The van der Waals surface area contributed by atoms with Gasteiger partial charge in [-0.1, -0.05) is 12.1 Å². The minimum Gasteiger partial charge on any atom is -0.248 e. The molecule has 3 aromatic carbocycles. The predicted molar refractivity (Wildman–Crippen MR) is 118 cm³/mol.